The number of carboxylic acids is 1. The van der Waals surface area contributed by atoms with Crippen molar-refractivity contribution in [3.05, 3.63) is 0 Å². The molecule has 0 aromatic rings. The molecule has 0 spiro atoms. The summed E-state index contributed by atoms with van der Waals surface area (Å²) >= 11 is 0. The molecule has 0 saturated heterocycles. The third-order valence-corrected chi connectivity index (χ3v) is 4.57. The van der Waals surface area contributed by atoms with Crippen LogP contribution in [0.1, 0.15) is 57.8 Å². The van der Waals surface area contributed by atoms with Crippen molar-refractivity contribution in [2.75, 3.05) is 6.61 Å². The molecule has 2 rings (SSSR count). The summed E-state index contributed by atoms with van der Waals surface area (Å²) in [6, 6.07) is 0. The average Bonchev–Trinajstić information content (AvgIpc) is 2.46. The van der Waals surface area contributed by atoms with Crippen molar-refractivity contribution in [2.45, 2.75) is 57.8 Å². The zero-order valence-electron chi connectivity index (χ0n) is 11.5. The van der Waals surface area contributed by atoms with Gasteiger partial charge >= 0.3 is 11.9 Å². The summed E-state index contributed by atoms with van der Waals surface area (Å²) in [5, 5.41) is 9.17. The fourth-order valence-electron chi connectivity index (χ4n) is 3.37. The molecule has 2 unspecified atom stereocenters. The van der Waals surface area contributed by atoms with Gasteiger partial charge in [-0.25, -0.2) is 0 Å². The molecule has 0 radical (unpaired) electrons. The summed E-state index contributed by atoms with van der Waals surface area (Å²) in [5.74, 6) is -1.59. The first-order valence-corrected chi connectivity index (χ1v) is 7.58. The second-order valence-corrected chi connectivity index (χ2v) is 5.97. The Balaban J connectivity index is 1.81. The number of hydrogen-bond donors (Lipinski definition) is 1. The Kier molecular flexibility index (Phi) is 5.23. The van der Waals surface area contributed by atoms with E-state index in [9.17, 15) is 9.59 Å². The monoisotopic (exact) mass is 268 g/mol. The lowest BCUT2D eigenvalue weighted by atomic mass is 9.79. The maximum atomic E-state index is 12.1. The van der Waals surface area contributed by atoms with Gasteiger partial charge in [-0.3, -0.25) is 9.59 Å². The fraction of sp³-hybridized carbons (Fsp3) is 0.867. The van der Waals surface area contributed by atoms with Gasteiger partial charge in [0.25, 0.3) is 0 Å². The minimum atomic E-state index is -0.848. The molecule has 2 saturated carbocycles. The summed E-state index contributed by atoms with van der Waals surface area (Å²) in [7, 11) is 0. The molecule has 2 aliphatic carbocycles. The van der Waals surface area contributed by atoms with Crippen LogP contribution in [-0.4, -0.2) is 23.7 Å². The minimum absolute atomic E-state index is 0.280. The highest BCUT2D eigenvalue weighted by molar-refractivity contribution is 5.81. The molecule has 2 aliphatic rings. The van der Waals surface area contributed by atoms with E-state index in [4.69, 9.17) is 9.84 Å². The lowest BCUT2D eigenvalue weighted by molar-refractivity contribution is -0.160. The molecule has 0 bridgehead atoms. The summed E-state index contributed by atoms with van der Waals surface area (Å²) in [6.07, 6.45) is 9.14. The van der Waals surface area contributed by atoms with Crippen LogP contribution in [0, 0.1) is 17.8 Å². The number of esters is 1. The van der Waals surface area contributed by atoms with E-state index >= 15 is 0 Å². The highest BCUT2D eigenvalue weighted by Gasteiger charge is 2.37. The topological polar surface area (TPSA) is 63.6 Å². The average molecular weight is 268 g/mol. The largest absolute Gasteiger partial charge is 0.481 e. The molecule has 2 atom stereocenters. The molecule has 0 aliphatic heterocycles. The third kappa shape index (κ3) is 3.95. The third-order valence-electron chi connectivity index (χ3n) is 4.57. The standard InChI is InChI=1S/C15H24O4/c16-14(17)12-8-4-5-9-13(12)15(18)19-10-11-6-2-1-3-7-11/h11-13H,1-10H2,(H,16,17). The maximum absolute atomic E-state index is 12.1. The van der Waals surface area contributed by atoms with Crippen molar-refractivity contribution in [1.29, 1.82) is 0 Å². The second-order valence-electron chi connectivity index (χ2n) is 5.97. The zero-order valence-corrected chi connectivity index (χ0v) is 11.5. The Morgan fingerprint density at radius 1 is 0.895 bits per heavy atom. The first kappa shape index (κ1) is 14.4. The van der Waals surface area contributed by atoms with E-state index in [0.717, 1.165) is 25.7 Å². The van der Waals surface area contributed by atoms with Gasteiger partial charge in [-0.1, -0.05) is 32.1 Å². The van der Waals surface area contributed by atoms with Crippen LogP contribution in [0.15, 0.2) is 0 Å². The van der Waals surface area contributed by atoms with Crippen LogP contribution in [0.2, 0.25) is 0 Å². The Morgan fingerprint density at radius 3 is 2.11 bits per heavy atom. The van der Waals surface area contributed by atoms with E-state index in [0.29, 0.717) is 25.4 Å². The highest BCUT2D eigenvalue weighted by Crippen LogP contribution is 2.32. The van der Waals surface area contributed by atoms with Crippen molar-refractivity contribution >= 4 is 11.9 Å². The molecule has 0 aromatic carbocycles. The van der Waals surface area contributed by atoms with Gasteiger partial charge in [-0.05, 0) is 31.6 Å². The van der Waals surface area contributed by atoms with E-state index < -0.39 is 17.8 Å². The van der Waals surface area contributed by atoms with Crippen LogP contribution in [-0.2, 0) is 14.3 Å². The number of carboxylic acid groups (broad SMARTS) is 1. The smallest absolute Gasteiger partial charge is 0.309 e. The lowest BCUT2D eigenvalue weighted by Gasteiger charge is -2.28. The van der Waals surface area contributed by atoms with Gasteiger partial charge in [0.1, 0.15) is 0 Å². The van der Waals surface area contributed by atoms with Gasteiger partial charge < -0.3 is 9.84 Å². The molecule has 4 nitrogen and oxygen atoms in total. The summed E-state index contributed by atoms with van der Waals surface area (Å²) < 4.78 is 5.40. The Morgan fingerprint density at radius 2 is 1.47 bits per heavy atom. The van der Waals surface area contributed by atoms with Crippen LogP contribution < -0.4 is 0 Å². The molecule has 0 heterocycles. The second kappa shape index (κ2) is 6.92. The summed E-state index contributed by atoms with van der Waals surface area (Å²) in [6.45, 7) is 0.488. The maximum Gasteiger partial charge on any atom is 0.309 e. The van der Waals surface area contributed by atoms with E-state index in [1.54, 1.807) is 0 Å². The molecule has 2 fully saturated rings. The highest BCUT2D eigenvalue weighted by atomic mass is 16.5. The Hall–Kier alpha value is -1.06. The predicted octanol–water partition coefficient (Wildman–Crippen LogP) is 3.00. The van der Waals surface area contributed by atoms with Crippen LogP contribution in [0.3, 0.4) is 0 Å². The van der Waals surface area contributed by atoms with Crippen LogP contribution in [0.5, 0.6) is 0 Å². The quantitative estimate of drug-likeness (QED) is 0.796. The van der Waals surface area contributed by atoms with Crippen LogP contribution >= 0.6 is 0 Å². The summed E-state index contributed by atoms with van der Waals surface area (Å²) in [4.78, 5) is 23.2. The van der Waals surface area contributed by atoms with Gasteiger partial charge in [0.2, 0.25) is 0 Å². The van der Waals surface area contributed by atoms with Gasteiger partial charge in [0.05, 0.1) is 18.4 Å². The van der Waals surface area contributed by atoms with Gasteiger partial charge in [0, 0.05) is 0 Å². The van der Waals surface area contributed by atoms with Crippen molar-refractivity contribution in [1.82, 2.24) is 0 Å². The SMILES string of the molecule is O=C(O)C1CCCCC1C(=O)OCC1CCCCC1. The predicted molar refractivity (Wildman–Crippen MR) is 70.6 cm³/mol. The first-order valence-electron chi connectivity index (χ1n) is 7.58. The normalized spacial score (nSPS) is 28.8. The van der Waals surface area contributed by atoms with Crippen LogP contribution in [0.25, 0.3) is 0 Å². The van der Waals surface area contributed by atoms with Crippen LogP contribution in [0.4, 0.5) is 0 Å². The number of aliphatic carboxylic acids is 1. The molecular formula is C15H24O4. The molecule has 4 heteroatoms. The van der Waals surface area contributed by atoms with Gasteiger partial charge in [0.15, 0.2) is 0 Å². The molecule has 19 heavy (non-hydrogen) atoms. The molecule has 108 valence electrons. The molecule has 0 aromatic heterocycles. The number of carbonyl (C=O) groups excluding carboxylic acids is 1. The van der Waals surface area contributed by atoms with Crippen molar-refractivity contribution in [3.8, 4) is 0 Å². The number of rotatable bonds is 4. The van der Waals surface area contributed by atoms with Crippen molar-refractivity contribution in [2.24, 2.45) is 17.8 Å². The van der Waals surface area contributed by atoms with Gasteiger partial charge in [-0.15, -0.1) is 0 Å². The van der Waals surface area contributed by atoms with Crippen molar-refractivity contribution in [3.63, 3.8) is 0 Å². The number of ether oxygens (including phenoxy) is 1. The van der Waals surface area contributed by atoms with Gasteiger partial charge in [-0.2, -0.15) is 0 Å². The lowest BCUT2D eigenvalue weighted by Crippen LogP contribution is -2.34. The van der Waals surface area contributed by atoms with E-state index in [-0.39, 0.29) is 5.97 Å². The fourth-order valence-corrected chi connectivity index (χ4v) is 3.37. The first-order chi connectivity index (χ1) is 9.18. The summed E-state index contributed by atoms with van der Waals surface area (Å²) in [5.41, 5.74) is 0. The zero-order chi connectivity index (χ0) is 13.7. The molecular weight excluding hydrogens is 244 g/mol. The number of hydrogen-bond acceptors (Lipinski definition) is 3. The Labute approximate surface area is 114 Å². The molecule has 1 N–H and O–H groups in total. The van der Waals surface area contributed by atoms with E-state index in [1.165, 1.54) is 19.3 Å². The van der Waals surface area contributed by atoms with E-state index in [2.05, 4.69) is 0 Å². The van der Waals surface area contributed by atoms with E-state index in [1.807, 2.05) is 0 Å². The number of carbonyl (C=O) groups is 2. The Bertz CT molecular complexity index is 320. The molecule has 0 amide bonds. The van der Waals surface area contributed by atoms with Crippen molar-refractivity contribution < 1.29 is 19.4 Å². The minimum Gasteiger partial charge on any atom is -0.481 e.